The van der Waals surface area contributed by atoms with E-state index in [4.69, 9.17) is 0 Å². The van der Waals surface area contributed by atoms with Crippen molar-refractivity contribution in [2.75, 3.05) is 4.43 Å². The summed E-state index contributed by atoms with van der Waals surface area (Å²) in [6, 6.07) is 0. The average molecular weight is 338 g/mol. The fourth-order valence-electron chi connectivity index (χ4n) is 2.27. The molecule has 0 heterocycles. The van der Waals surface area contributed by atoms with Gasteiger partial charge < -0.3 is 0 Å². The average Bonchev–Trinajstić information content (AvgIpc) is 2.31. The molecule has 1 atom stereocenters. The zero-order chi connectivity index (χ0) is 12.1. The van der Waals surface area contributed by atoms with E-state index >= 15 is 0 Å². The summed E-state index contributed by atoms with van der Waals surface area (Å²) in [5.41, 5.74) is 0. The molecule has 0 aromatic heterocycles. The molecular formula is C15H31I. The van der Waals surface area contributed by atoms with Gasteiger partial charge in [0.2, 0.25) is 0 Å². The van der Waals surface area contributed by atoms with Gasteiger partial charge in [-0.3, -0.25) is 0 Å². The Hall–Kier alpha value is 0.730. The normalized spacial score (nSPS) is 12.9. The third-order valence-corrected chi connectivity index (χ3v) is 4.18. The summed E-state index contributed by atoms with van der Waals surface area (Å²) in [6.07, 6.45) is 15.9. The molecule has 16 heavy (non-hydrogen) atoms. The first-order chi connectivity index (χ1) is 7.85. The summed E-state index contributed by atoms with van der Waals surface area (Å²) in [4.78, 5) is 0. The van der Waals surface area contributed by atoms with Crippen LogP contribution in [0.4, 0.5) is 0 Å². The van der Waals surface area contributed by atoms with Crippen molar-refractivity contribution < 1.29 is 0 Å². The molecular weight excluding hydrogens is 307 g/mol. The molecule has 0 fully saturated rings. The summed E-state index contributed by atoms with van der Waals surface area (Å²) in [5.74, 6) is 1.01. The van der Waals surface area contributed by atoms with Crippen molar-refractivity contribution in [1.29, 1.82) is 0 Å². The van der Waals surface area contributed by atoms with Gasteiger partial charge in [-0.2, -0.15) is 0 Å². The summed E-state index contributed by atoms with van der Waals surface area (Å²) < 4.78 is 1.34. The lowest BCUT2D eigenvalue weighted by molar-refractivity contribution is 0.430. The van der Waals surface area contributed by atoms with Crippen molar-refractivity contribution >= 4 is 22.6 Å². The maximum Gasteiger partial charge on any atom is -0.000209 e. The fraction of sp³-hybridized carbons (Fsp3) is 1.00. The van der Waals surface area contributed by atoms with Gasteiger partial charge in [0.25, 0.3) is 0 Å². The van der Waals surface area contributed by atoms with E-state index in [9.17, 15) is 0 Å². The minimum absolute atomic E-state index is 1.01. The number of hydrogen-bond donors (Lipinski definition) is 0. The van der Waals surface area contributed by atoms with Gasteiger partial charge in [-0.15, -0.1) is 0 Å². The molecule has 0 bridgehead atoms. The molecule has 0 spiro atoms. The maximum absolute atomic E-state index is 2.51. The van der Waals surface area contributed by atoms with Gasteiger partial charge in [0.1, 0.15) is 0 Å². The predicted octanol–water partition coefficient (Wildman–Crippen LogP) is 6.37. The predicted molar refractivity (Wildman–Crippen MR) is 84.5 cm³/mol. The number of alkyl halides is 1. The molecule has 98 valence electrons. The first-order valence-corrected chi connectivity index (χ1v) is 8.93. The second-order valence-electron chi connectivity index (χ2n) is 5.02. The third kappa shape index (κ3) is 11.2. The quantitative estimate of drug-likeness (QED) is 0.220. The van der Waals surface area contributed by atoms with Crippen molar-refractivity contribution in [2.45, 2.75) is 84.5 Å². The Morgan fingerprint density at radius 3 is 1.81 bits per heavy atom. The minimum Gasteiger partial charge on any atom is -0.0864 e. The van der Waals surface area contributed by atoms with E-state index in [1.807, 2.05) is 0 Å². The van der Waals surface area contributed by atoms with Crippen LogP contribution in [0, 0.1) is 5.92 Å². The van der Waals surface area contributed by atoms with Gasteiger partial charge in [-0.25, -0.2) is 0 Å². The molecule has 0 aromatic rings. The molecule has 0 aliphatic carbocycles. The van der Waals surface area contributed by atoms with Gasteiger partial charge in [0.15, 0.2) is 0 Å². The summed E-state index contributed by atoms with van der Waals surface area (Å²) in [6.45, 7) is 4.64. The SMILES string of the molecule is CCCCCCCCCCC(CC)CCI. The van der Waals surface area contributed by atoms with Gasteiger partial charge in [0, 0.05) is 0 Å². The zero-order valence-electron chi connectivity index (χ0n) is 11.4. The standard InChI is InChI=1S/C15H31I/c1-3-5-6-7-8-9-10-11-12-15(4-2)13-14-16/h15H,3-14H2,1-2H3. The Morgan fingerprint density at radius 2 is 1.31 bits per heavy atom. The number of unbranched alkanes of at least 4 members (excludes halogenated alkanes) is 7. The van der Waals surface area contributed by atoms with Crippen LogP contribution in [0.3, 0.4) is 0 Å². The van der Waals surface area contributed by atoms with Crippen LogP contribution in [0.5, 0.6) is 0 Å². The topological polar surface area (TPSA) is 0 Å². The van der Waals surface area contributed by atoms with E-state index in [0.29, 0.717) is 0 Å². The number of hydrogen-bond acceptors (Lipinski definition) is 0. The molecule has 0 aliphatic heterocycles. The van der Waals surface area contributed by atoms with Gasteiger partial charge >= 0.3 is 0 Å². The highest BCUT2D eigenvalue weighted by atomic mass is 127. The summed E-state index contributed by atoms with van der Waals surface area (Å²) in [5, 5.41) is 0. The molecule has 0 nitrogen and oxygen atoms in total. The molecule has 0 aliphatic rings. The second kappa shape index (κ2) is 13.8. The maximum atomic E-state index is 2.51. The highest BCUT2D eigenvalue weighted by Crippen LogP contribution is 2.19. The zero-order valence-corrected chi connectivity index (χ0v) is 13.6. The lowest BCUT2D eigenvalue weighted by Gasteiger charge is -2.12. The van der Waals surface area contributed by atoms with Crippen LogP contribution in [0.1, 0.15) is 84.5 Å². The van der Waals surface area contributed by atoms with Gasteiger partial charge in [0.05, 0.1) is 0 Å². The molecule has 0 saturated heterocycles. The van der Waals surface area contributed by atoms with E-state index in [-0.39, 0.29) is 0 Å². The van der Waals surface area contributed by atoms with Crippen LogP contribution in [-0.4, -0.2) is 4.43 Å². The van der Waals surface area contributed by atoms with E-state index in [0.717, 1.165) is 5.92 Å². The number of rotatable bonds is 12. The van der Waals surface area contributed by atoms with Gasteiger partial charge in [-0.05, 0) is 16.8 Å². The minimum atomic E-state index is 1.01. The second-order valence-corrected chi connectivity index (χ2v) is 6.09. The molecule has 0 rings (SSSR count). The molecule has 0 radical (unpaired) electrons. The first kappa shape index (κ1) is 16.7. The van der Waals surface area contributed by atoms with E-state index in [2.05, 4.69) is 36.4 Å². The van der Waals surface area contributed by atoms with E-state index in [1.54, 1.807) is 0 Å². The Balaban J connectivity index is 3.12. The van der Waals surface area contributed by atoms with Crippen molar-refractivity contribution in [3.8, 4) is 0 Å². The highest BCUT2D eigenvalue weighted by Gasteiger charge is 2.04. The molecule has 1 unspecified atom stereocenters. The van der Waals surface area contributed by atoms with Crippen molar-refractivity contribution in [1.82, 2.24) is 0 Å². The molecule has 0 amide bonds. The largest absolute Gasteiger partial charge is 0.0864 e. The smallest absolute Gasteiger partial charge is 0.000209 e. The van der Waals surface area contributed by atoms with Crippen molar-refractivity contribution in [3.63, 3.8) is 0 Å². The summed E-state index contributed by atoms with van der Waals surface area (Å²) in [7, 11) is 0. The van der Waals surface area contributed by atoms with Gasteiger partial charge in [-0.1, -0.05) is 101 Å². The first-order valence-electron chi connectivity index (χ1n) is 7.41. The lowest BCUT2D eigenvalue weighted by atomic mass is 9.95. The van der Waals surface area contributed by atoms with Crippen LogP contribution >= 0.6 is 22.6 Å². The van der Waals surface area contributed by atoms with E-state index < -0.39 is 0 Å². The molecule has 0 aromatic carbocycles. The Bertz CT molecular complexity index is 123. The van der Waals surface area contributed by atoms with Crippen LogP contribution in [0.15, 0.2) is 0 Å². The Labute approximate surface area is 117 Å². The van der Waals surface area contributed by atoms with Crippen molar-refractivity contribution in [2.24, 2.45) is 5.92 Å². The Morgan fingerprint density at radius 1 is 0.750 bits per heavy atom. The Kier molecular flexibility index (Phi) is 14.4. The number of halogens is 1. The highest BCUT2D eigenvalue weighted by molar-refractivity contribution is 14.1. The monoisotopic (exact) mass is 338 g/mol. The van der Waals surface area contributed by atoms with Crippen LogP contribution in [0.2, 0.25) is 0 Å². The lowest BCUT2D eigenvalue weighted by Crippen LogP contribution is -1.99. The summed E-state index contributed by atoms with van der Waals surface area (Å²) >= 11 is 2.51. The third-order valence-electron chi connectivity index (χ3n) is 3.56. The van der Waals surface area contributed by atoms with Crippen LogP contribution in [0.25, 0.3) is 0 Å². The molecule has 0 saturated carbocycles. The van der Waals surface area contributed by atoms with E-state index in [1.165, 1.54) is 75.1 Å². The molecule has 1 heteroatoms. The van der Waals surface area contributed by atoms with Crippen molar-refractivity contribution in [3.05, 3.63) is 0 Å². The molecule has 0 N–H and O–H groups in total. The fourth-order valence-corrected chi connectivity index (χ4v) is 3.15. The van der Waals surface area contributed by atoms with Crippen LogP contribution < -0.4 is 0 Å². The van der Waals surface area contributed by atoms with Crippen LogP contribution in [-0.2, 0) is 0 Å².